The first-order chi connectivity index (χ1) is 8.69. The Labute approximate surface area is 111 Å². The van der Waals surface area contributed by atoms with Gasteiger partial charge in [0.2, 0.25) is 5.91 Å². The van der Waals surface area contributed by atoms with Crippen molar-refractivity contribution in [2.24, 2.45) is 11.8 Å². The van der Waals surface area contributed by atoms with E-state index in [0.717, 1.165) is 19.6 Å². The summed E-state index contributed by atoms with van der Waals surface area (Å²) in [6.07, 6.45) is 3.79. The Kier molecular flexibility index (Phi) is 7.28. The van der Waals surface area contributed by atoms with Gasteiger partial charge < -0.3 is 15.3 Å². The van der Waals surface area contributed by atoms with Crippen molar-refractivity contribution < 1.29 is 9.90 Å². The van der Waals surface area contributed by atoms with Crippen LogP contribution in [-0.4, -0.2) is 48.7 Å². The van der Waals surface area contributed by atoms with Crippen molar-refractivity contribution >= 4 is 5.91 Å². The lowest BCUT2D eigenvalue weighted by molar-refractivity contribution is -0.132. The van der Waals surface area contributed by atoms with Crippen molar-refractivity contribution in [2.75, 3.05) is 32.8 Å². The van der Waals surface area contributed by atoms with Crippen molar-refractivity contribution in [3.8, 4) is 0 Å². The summed E-state index contributed by atoms with van der Waals surface area (Å²) in [4.78, 5) is 14.0. The molecule has 106 valence electrons. The minimum Gasteiger partial charge on any atom is -0.396 e. The van der Waals surface area contributed by atoms with Crippen LogP contribution in [0, 0.1) is 11.8 Å². The van der Waals surface area contributed by atoms with E-state index < -0.39 is 0 Å². The van der Waals surface area contributed by atoms with Crippen molar-refractivity contribution in [2.45, 2.75) is 39.5 Å². The summed E-state index contributed by atoms with van der Waals surface area (Å²) in [7, 11) is 0. The second-order valence-electron chi connectivity index (χ2n) is 5.34. The third kappa shape index (κ3) is 4.94. The number of carbonyl (C=O) groups is 1. The Hall–Kier alpha value is -0.610. The third-order valence-corrected chi connectivity index (χ3v) is 3.96. The molecule has 1 fully saturated rings. The van der Waals surface area contributed by atoms with Crippen molar-refractivity contribution in [3.05, 3.63) is 0 Å². The summed E-state index contributed by atoms with van der Waals surface area (Å²) in [5.74, 6) is 1.33. The molecule has 2 unspecified atom stereocenters. The molecule has 1 aliphatic heterocycles. The molecule has 0 aromatic heterocycles. The number of hydrogen-bond acceptors (Lipinski definition) is 3. The second-order valence-corrected chi connectivity index (χ2v) is 5.34. The van der Waals surface area contributed by atoms with Crippen LogP contribution in [0.2, 0.25) is 0 Å². The van der Waals surface area contributed by atoms with Crippen LogP contribution in [0.4, 0.5) is 0 Å². The first-order valence-corrected chi connectivity index (χ1v) is 7.28. The van der Waals surface area contributed by atoms with Crippen molar-refractivity contribution in [1.29, 1.82) is 0 Å². The minimum absolute atomic E-state index is 0.159. The summed E-state index contributed by atoms with van der Waals surface area (Å²) in [6, 6.07) is 0. The van der Waals surface area contributed by atoms with Gasteiger partial charge in [0.25, 0.3) is 0 Å². The first-order valence-electron chi connectivity index (χ1n) is 7.28. The summed E-state index contributed by atoms with van der Waals surface area (Å²) in [6.45, 7) is 7.95. The van der Waals surface area contributed by atoms with E-state index in [0.29, 0.717) is 31.2 Å². The molecule has 18 heavy (non-hydrogen) atoms. The lowest BCUT2D eigenvalue weighted by Crippen LogP contribution is -2.37. The minimum atomic E-state index is 0.159. The third-order valence-electron chi connectivity index (χ3n) is 3.96. The molecule has 2 N–H and O–H groups in total. The molecule has 2 atom stereocenters. The molecule has 1 rings (SSSR count). The number of aliphatic hydroxyl groups is 1. The van der Waals surface area contributed by atoms with Gasteiger partial charge in [-0.2, -0.15) is 0 Å². The SMILES string of the molecule is CCN(CCCO)C(=O)CC(C)C1CCCNC1. The fourth-order valence-corrected chi connectivity index (χ4v) is 2.66. The van der Waals surface area contributed by atoms with Crippen LogP contribution in [0.5, 0.6) is 0 Å². The highest BCUT2D eigenvalue weighted by molar-refractivity contribution is 5.76. The summed E-state index contributed by atoms with van der Waals surface area (Å²) >= 11 is 0. The van der Waals surface area contributed by atoms with E-state index in [2.05, 4.69) is 12.2 Å². The number of nitrogens with zero attached hydrogens (tertiary/aromatic N) is 1. The molecule has 0 aromatic rings. The number of aliphatic hydroxyl groups excluding tert-OH is 1. The van der Waals surface area contributed by atoms with Crippen LogP contribution in [-0.2, 0) is 4.79 Å². The molecule has 0 radical (unpaired) electrons. The van der Waals surface area contributed by atoms with Gasteiger partial charge in [-0.15, -0.1) is 0 Å². The molecule has 4 nitrogen and oxygen atoms in total. The lowest BCUT2D eigenvalue weighted by Gasteiger charge is -2.30. The van der Waals surface area contributed by atoms with Gasteiger partial charge in [0, 0.05) is 26.1 Å². The molecule has 4 heteroatoms. The van der Waals surface area contributed by atoms with Gasteiger partial charge in [-0.1, -0.05) is 6.92 Å². The van der Waals surface area contributed by atoms with Crippen LogP contribution >= 0.6 is 0 Å². The van der Waals surface area contributed by atoms with E-state index in [4.69, 9.17) is 5.11 Å². The lowest BCUT2D eigenvalue weighted by atomic mass is 9.85. The molecular formula is C14H28N2O2. The summed E-state index contributed by atoms with van der Waals surface area (Å²) < 4.78 is 0. The average molecular weight is 256 g/mol. The van der Waals surface area contributed by atoms with Gasteiger partial charge in [0.15, 0.2) is 0 Å². The number of rotatable bonds is 7. The molecule has 1 aliphatic rings. The molecule has 0 bridgehead atoms. The topological polar surface area (TPSA) is 52.6 Å². The molecule has 1 amide bonds. The van der Waals surface area contributed by atoms with Crippen LogP contribution < -0.4 is 5.32 Å². The number of amides is 1. The van der Waals surface area contributed by atoms with Crippen LogP contribution in [0.15, 0.2) is 0 Å². The Bertz CT molecular complexity index is 240. The fourth-order valence-electron chi connectivity index (χ4n) is 2.66. The van der Waals surface area contributed by atoms with Crippen molar-refractivity contribution in [1.82, 2.24) is 10.2 Å². The van der Waals surface area contributed by atoms with E-state index in [9.17, 15) is 4.79 Å². The quantitative estimate of drug-likeness (QED) is 0.720. The van der Waals surface area contributed by atoms with Gasteiger partial charge in [0.05, 0.1) is 0 Å². The van der Waals surface area contributed by atoms with E-state index in [1.807, 2.05) is 11.8 Å². The molecule has 1 saturated heterocycles. The van der Waals surface area contributed by atoms with Gasteiger partial charge in [-0.05, 0) is 51.1 Å². The zero-order valence-electron chi connectivity index (χ0n) is 11.8. The molecule has 0 spiro atoms. The van der Waals surface area contributed by atoms with Crippen LogP contribution in [0.25, 0.3) is 0 Å². The number of carbonyl (C=O) groups excluding carboxylic acids is 1. The van der Waals surface area contributed by atoms with Gasteiger partial charge in [0.1, 0.15) is 0 Å². The van der Waals surface area contributed by atoms with Crippen LogP contribution in [0.3, 0.4) is 0 Å². The van der Waals surface area contributed by atoms with Crippen molar-refractivity contribution in [3.63, 3.8) is 0 Å². The number of nitrogens with one attached hydrogen (secondary N) is 1. The fraction of sp³-hybridized carbons (Fsp3) is 0.929. The molecule has 0 saturated carbocycles. The van der Waals surface area contributed by atoms with Gasteiger partial charge in [-0.25, -0.2) is 0 Å². The first kappa shape index (κ1) is 15.4. The predicted octanol–water partition coefficient (Wildman–Crippen LogP) is 1.24. The number of piperidine rings is 1. The van der Waals surface area contributed by atoms with Gasteiger partial charge >= 0.3 is 0 Å². The zero-order valence-corrected chi connectivity index (χ0v) is 11.8. The number of hydrogen-bond donors (Lipinski definition) is 2. The van der Waals surface area contributed by atoms with E-state index in [1.165, 1.54) is 12.8 Å². The molecule has 1 heterocycles. The monoisotopic (exact) mass is 256 g/mol. The highest BCUT2D eigenvalue weighted by Gasteiger charge is 2.23. The Morgan fingerprint density at radius 1 is 1.56 bits per heavy atom. The maximum Gasteiger partial charge on any atom is 0.222 e. The Morgan fingerprint density at radius 2 is 2.33 bits per heavy atom. The highest BCUT2D eigenvalue weighted by Crippen LogP contribution is 2.23. The molecule has 0 aromatic carbocycles. The Balaban J connectivity index is 2.36. The molecule has 0 aliphatic carbocycles. The van der Waals surface area contributed by atoms with E-state index in [1.54, 1.807) is 0 Å². The molecular weight excluding hydrogens is 228 g/mol. The normalized spacial score (nSPS) is 21.6. The highest BCUT2D eigenvalue weighted by atomic mass is 16.3. The summed E-state index contributed by atoms with van der Waals surface area (Å²) in [5, 5.41) is 12.2. The average Bonchev–Trinajstić information content (AvgIpc) is 2.40. The maximum absolute atomic E-state index is 12.2. The predicted molar refractivity (Wildman–Crippen MR) is 73.3 cm³/mol. The largest absolute Gasteiger partial charge is 0.396 e. The smallest absolute Gasteiger partial charge is 0.222 e. The van der Waals surface area contributed by atoms with E-state index in [-0.39, 0.29) is 12.5 Å². The Morgan fingerprint density at radius 3 is 2.89 bits per heavy atom. The standard InChI is InChI=1S/C14H28N2O2/c1-3-16(8-5-9-17)14(18)10-12(2)13-6-4-7-15-11-13/h12-13,15,17H,3-11H2,1-2H3. The van der Waals surface area contributed by atoms with Crippen LogP contribution in [0.1, 0.15) is 39.5 Å². The zero-order chi connectivity index (χ0) is 13.4. The second kappa shape index (κ2) is 8.48. The van der Waals surface area contributed by atoms with E-state index >= 15 is 0 Å². The van der Waals surface area contributed by atoms with Gasteiger partial charge in [-0.3, -0.25) is 4.79 Å². The summed E-state index contributed by atoms with van der Waals surface area (Å²) in [5.41, 5.74) is 0. The maximum atomic E-state index is 12.2.